The van der Waals surface area contributed by atoms with E-state index < -0.39 is 0 Å². The Labute approximate surface area is 139 Å². The summed E-state index contributed by atoms with van der Waals surface area (Å²) in [5.74, 6) is 1.12. The number of carbonyl (C=O) groups is 2. The number of amides is 2. The molecule has 0 aliphatic carbocycles. The number of carbonyl (C=O) groups excluding carboxylic acids is 2. The first kappa shape index (κ1) is 15.9. The highest BCUT2D eigenvalue weighted by Crippen LogP contribution is 2.28. The predicted molar refractivity (Wildman–Crippen MR) is 89.1 cm³/mol. The van der Waals surface area contributed by atoms with Crippen LogP contribution in [0.1, 0.15) is 11.1 Å². The molecule has 0 spiro atoms. The van der Waals surface area contributed by atoms with Gasteiger partial charge in [0.05, 0.1) is 19.2 Å². The highest BCUT2D eigenvalue weighted by molar-refractivity contribution is 5.95. The van der Waals surface area contributed by atoms with Gasteiger partial charge in [0, 0.05) is 6.54 Å². The molecule has 2 N–H and O–H groups in total. The minimum atomic E-state index is -0.191. The summed E-state index contributed by atoms with van der Waals surface area (Å²) in [6, 6.07) is 12.9. The first-order chi connectivity index (χ1) is 11.6. The fourth-order valence-electron chi connectivity index (χ4n) is 2.43. The lowest BCUT2D eigenvalue weighted by Gasteiger charge is -2.18. The van der Waals surface area contributed by atoms with Gasteiger partial charge in [-0.05, 0) is 35.4 Å². The number of methoxy groups -OCH3 is 1. The summed E-state index contributed by atoms with van der Waals surface area (Å²) >= 11 is 0. The van der Waals surface area contributed by atoms with Gasteiger partial charge >= 0.3 is 0 Å². The van der Waals surface area contributed by atoms with Crippen LogP contribution in [-0.4, -0.2) is 25.5 Å². The third-order valence-corrected chi connectivity index (χ3v) is 3.69. The van der Waals surface area contributed by atoms with Crippen LogP contribution < -0.4 is 20.1 Å². The van der Waals surface area contributed by atoms with Crippen molar-refractivity contribution in [3.05, 3.63) is 53.6 Å². The first-order valence-corrected chi connectivity index (χ1v) is 7.59. The molecule has 0 saturated heterocycles. The van der Waals surface area contributed by atoms with Crippen molar-refractivity contribution in [3.63, 3.8) is 0 Å². The van der Waals surface area contributed by atoms with Crippen LogP contribution in [-0.2, 0) is 22.6 Å². The van der Waals surface area contributed by atoms with Crippen LogP contribution >= 0.6 is 0 Å². The summed E-state index contributed by atoms with van der Waals surface area (Å²) in [6.07, 6.45) is 0.235. The summed E-state index contributed by atoms with van der Waals surface area (Å²) in [7, 11) is 1.61. The third-order valence-electron chi connectivity index (χ3n) is 3.69. The topological polar surface area (TPSA) is 76.7 Å². The predicted octanol–water partition coefficient (Wildman–Crippen LogP) is 1.88. The molecule has 6 heteroatoms. The molecule has 24 heavy (non-hydrogen) atoms. The molecule has 0 bridgehead atoms. The van der Waals surface area contributed by atoms with Gasteiger partial charge in [-0.1, -0.05) is 18.2 Å². The van der Waals surface area contributed by atoms with Crippen LogP contribution in [0, 0.1) is 0 Å². The van der Waals surface area contributed by atoms with Gasteiger partial charge in [-0.2, -0.15) is 0 Å². The van der Waals surface area contributed by atoms with Gasteiger partial charge in [0.1, 0.15) is 11.5 Å². The van der Waals surface area contributed by atoms with E-state index in [0.29, 0.717) is 18.0 Å². The fraction of sp³-hybridized carbons (Fsp3) is 0.222. The van der Waals surface area contributed by atoms with E-state index in [0.717, 1.165) is 16.9 Å². The molecule has 1 heterocycles. The quantitative estimate of drug-likeness (QED) is 0.880. The van der Waals surface area contributed by atoms with Crippen molar-refractivity contribution < 1.29 is 19.1 Å². The fourth-order valence-corrected chi connectivity index (χ4v) is 2.43. The maximum atomic E-state index is 12.1. The minimum absolute atomic E-state index is 0.0225. The largest absolute Gasteiger partial charge is 0.497 e. The van der Waals surface area contributed by atoms with E-state index in [1.807, 2.05) is 30.3 Å². The molecular formula is C18H18N2O4. The van der Waals surface area contributed by atoms with Crippen molar-refractivity contribution >= 4 is 17.5 Å². The van der Waals surface area contributed by atoms with Crippen LogP contribution in [0.3, 0.4) is 0 Å². The van der Waals surface area contributed by atoms with E-state index in [-0.39, 0.29) is 24.8 Å². The van der Waals surface area contributed by atoms with Gasteiger partial charge in [0.15, 0.2) is 6.61 Å². The van der Waals surface area contributed by atoms with Crippen molar-refractivity contribution in [3.8, 4) is 11.5 Å². The van der Waals surface area contributed by atoms with Crippen molar-refractivity contribution in [2.24, 2.45) is 0 Å². The average Bonchev–Trinajstić information content (AvgIpc) is 2.60. The highest BCUT2D eigenvalue weighted by atomic mass is 16.5. The second kappa shape index (κ2) is 7.04. The molecule has 0 saturated carbocycles. The van der Waals surface area contributed by atoms with E-state index in [1.165, 1.54) is 0 Å². The molecule has 2 amide bonds. The van der Waals surface area contributed by atoms with Crippen LogP contribution in [0.4, 0.5) is 5.69 Å². The van der Waals surface area contributed by atoms with Crippen LogP contribution in [0.25, 0.3) is 0 Å². The molecular weight excluding hydrogens is 308 g/mol. The second-order valence-corrected chi connectivity index (χ2v) is 5.47. The molecule has 0 aromatic heterocycles. The number of anilines is 1. The smallest absolute Gasteiger partial charge is 0.262 e. The highest BCUT2D eigenvalue weighted by Gasteiger charge is 2.16. The minimum Gasteiger partial charge on any atom is -0.497 e. The number of ether oxygens (including phenoxy) is 2. The third kappa shape index (κ3) is 3.84. The van der Waals surface area contributed by atoms with Gasteiger partial charge in [0.2, 0.25) is 5.91 Å². The Balaban J connectivity index is 1.56. The molecule has 1 aliphatic rings. The van der Waals surface area contributed by atoms with E-state index in [4.69, 9.17) is 9.47 Å². The van der Waals surface area contributed by atoms with Crippen molar-refractivity contribution in [2.75, 3.05) is 19.0 Å². The van der Waals surface area contributed by atoms with Crippen LogP contribution in [0.15, 0.2) is 42.5 Å². The maximum absolute atomic E-state index is 12.1. The number of rotatable bonds is 5. The number of fused-ring (bicyclic) bond motifs is 1. The van der Waals surface area contributed by atoms with Crippen molar-refractivity contribution in [2.45, 2.75) is 13.0 Å². The maximum Gasteiger partial charge on any atom is 0.262 e. The monoisotopic (exact) mass is 326 g/mol. The van der Waals surface area contributed by atoms with Crippen molar-refractivity contribution in [1.82, 2.24) is 5.32 Å². The Bertz CT molecular complexity index is 756. The second-order valence-electron chi connectivity index (χ2n) is 5.47. The Morgan fingerprint density at radius 1 is 1.21 bits per heavy atom. The Kier molecular flexibility index (Phi) is 4.65. The lowest BCUT2D eigenvalue weighted by atomic mass is 10.1. The molecule has 1 aliphatic heterocycles. The number of hydrogen-bond acceptors (Lipinski definition) is 4. The Morgan fingerprint density at radius 3 is 2.71 bits per heavy atom. The lowest BCUT2D eigenvalue weighted by Crippen LogP contribution is -2.26. The average molecular weight is 326 g/mol. The molecule has 6 nitrogen and oxygen atoms in total. The van der Waals surface area contributed by atoms with Crippen LogP contribution in [0.2, 0.25) is 0 Å². The zero-order valence-electron chi connectivity index (χ0n) is 13.3. The standard InChI is InChI=1S/C18H18N2O4/c1-23-14-5-2-12(3-6-14)10-19-17(21)9-13-4-7-16-15(8-13)20-18(22)11-24-16/h2-8H,9-11H2,1H3,(H,19,21)(H,20,22). The summed E-state index contributed by atoms with van der Waals surface area (Å²) in [4.78, 5) is 23.4. The van der Waals surface area contributed by atoms with E-state index in [2.05, 4.69) is 10.6 Å². The SMILES string of the molecule is COc1ccc(CNC(=O)Cc2ccc3c(c2)NC(=O)CO3)cc1. The Morgan fingerprint density at radius 2 is 1.96 bits per heavy atom. The number of hydrogen-bond donors (Lipinski definition) is 2. The van der Waals surface area contributed by atoms with Gasteiger partial charge in [-0.3, -0.25) is 9.59 Å². The molecule has 124 valence electrons. The van der Waals surface area contributed by atoms with E-state index >= 15 is 0 Å². The van der Waals surface area contributed by atoms with Crippen LogP contribution in [0.5, 0.6) is 11.5 Å². The van der Waals surface area contributed by atoms with E-state index in [1.54, 1.807) is 19.2 Å². The number of nitrogens with one attached hydrogen (secondary N) is 2. The van der Waals surface area contributed by atoms with E-state index in [9.17, 15) is 9.59 Å². The van der Waals surface area contributed by atoms with Gasteiger partial charge in [-0.15, -0.1) is 0 Å². The molecule has 0 radical (unpaired) electrons. The zero-order chi connectivity index (χ0) is 16.9. The molecule has 2 aromatic carbocycles. The summed E-state index contributed by atoms with van der Waals surface area (Å²) in [6.45, 7) is 0.475. The lowest BCUT2D eigenvalue weighted by molar-refractivity contribution is -0.120. The molecule has 3 rings (SSSR count). The van der Waals surface area contributed by atoms with Crippen molar-refractivity contribution in [1.29, 1.82) is 0 Å². The molecule has 0 fully saturated rings. The molecule has 2 aromatic rings. The zero-order valence-corrected chi connectivity index (χ0v) is 13.3. The summed E-state index contributed by atoms with van der Waals surface area (Å²) in [5, 5.41) is 5.61. The first-order valence-electron chi connectivity index (χ1n) is 7.59. The summed E-state index contributed by atoms with van der Waals surface area (Å²) in [5.41, 5.74) is 2.41. The van der Waals surface area contributed by atoms with Gasteiger partial charge in [-0.25, -0.2) is 0 Å². The summed E-state index contributed by atoms with van der Waals surface area (Å²) < 4.78 is 10.4. The van der Waals surface area contributed by atoms with Gasteiger partial charge < -0.3 is 20.1 Å². The Hall–Kier alpha value is -3.02. The molecule has 0 atom stereocenters. The molecule has 0 unspecified atom stereocenters. The van der Waals surface area contributed by atoms with Gasteiger partial charge in [0.25, 0.3) is 5.91 Å². The normalized spacial score (nSPS) is 12.6. The number of benzene rings is 2.